The lowest BCUT2D eigenvalue weighted by molar-refractivity contribution is -0.388. The summed E-state index contributed by atoms with van der Waals surface area (Å²) in [4.78, 5) is 10.1. The number of benzene rings is 1. The number of halogens is 2. The number of nitro groups is 1. The van der Waals surface area contributed by atoms with Gasteiger partial charge in [-0.2, -0.15) is 4.39 Å². The van der Waals surface area contributed by atoms with Crippen LogP contribution in [0.4, 0.5) is 14.5 Å². The Bertz CT molecular complexity index is 464. The summed E-state index contributed by atoms with van der Waals surface area (Å²) in [6.45, 7) is 4.04. The molecule has 0 bridgehead atoms. The maximum Gasteiger partial charge on any atom is 0.308 e. The van der Waals surface area contributed by atoms with E-state index in [2.05, 4.69) is 5.32 Å². The summed E-state index contributed by atoms with van der Waals surface area (Å²) in [7, 11) is 1.73. The monoisotopic (exact) mass is 272 g/mol. The molecule has 0 saturated heterocycles. The molecule has 1 N–H and O–H groups in total. The number of likely N-dealkylation sites (N-methyl/N-ethyl adjacent to an activating group) is 1. The number of hydrogen-bond donors (Lipinski definition) is 1. The van der Waals surface area contributed by atoms with Gasteiger partial charge in [0.1, 0.15) is 5.82 Å². The molecule has 0 fully saturated rings. The van der Waals surface area contributed by atoms with Gasteiger partial charge in [0.25, 0.3) is 0 Å². The van der Waals surface area contributed by atoms with Crippen LogP contribution in [-0.4, -0.2) is 18.0 Å². The molecule has 0 aliphatic rings. The van der Waals surface area contributed by atoms with Crippen molar-refractivity contribution >= 4 is 5.69 Å². The van der Waals surface area contributed by atoms with E-state index in [0.29, 0.717) is 12.0 Å². The summed E-state index contributed by atoms with van der Waals surface area (Å²) in [5.74, 6) is -1.54. The second-order valence-electron chi connectivity index (χ2n) is 4.97. The summed E-state index contributed by atoms with van der Waals surface area (Å²) < 4.78 is 26.7. The van der Waals surface area contributed by atoms with Crippen LogP contribution in [0.3, 0.4) is 0 Å². The summed E-state index contributed by atoms with van der Waals surface area (Å²) in [5, 5.41) is 13.9. The molecule has 0 radical (unpaired) electrons. The first-order chi connectivity index (χ1) is 8.85. The van der Waals surface area contributed by atoms with E-state index in [1.807, 2.05) is 13.8 Å². The summed E-state index contributed by atoms with van der Waals surface area (Å²) in [5.41, 5.74) is -0.548. The molecule has 0 saturated carbocycles. The molecule has 0 aliphatic heterocycles. The zero-order valence-electron chi connectivity index (χ0n) is 11.2. The minimum Gasteiger partial charge on any atom is -0.317 e. The van der Waals surface area contributed by atoms with E-state index < -0.39 is 22.2 Å². The Labute approximate surface area is 111 Å². The Morgan fingerprint density at radius 2 is 2.00 bits per heavy atom. The van der Waals surface area contributed by atoms with Crippen molar-refractivity contribution in [3.8, 4) is 0 Å². The Morgan fingerprint density at radius 1 is 1.37 bits per heavy atom. The maximum atomic E-state index is 13.5. The molecule has 106 valence electrons. The van der Waals surface area contributed by atoms with Gasteiger partial charge >= 0.3 is 5.69 Å². The van der Waals surface area contributed by atoms with Crippen LogP contribution in [0.5, 0.6) is 0 Å². The summed E-state index contributed by atoms with van der Waals surface area (Å²) in [6.07, 6.45) is 0.992. The molecule has 6 heteroatoms. The highest BCUT2D eigenvalue weighted by molar-refractivity contribution is 5.42. The molecule has 0 aliphatic carbocycles. The first-order valence-electron chi connectivity index (χ1n) is 6.14. The van der Waals surface area contributed by atoms with Crippen LogP contribution in [0, 0.1) is 27.7 Å². The first-order valence-corrected chi connectivity index (χ1v) is 6.14. The minimum absolute atomic E-state index is 0.0556. The molecule has 1 aromatic rings. The molecule has 19 heavy (non-hydrogen) atoms. The zero-order chi connectivity index (χ0) is 14.6. The van der Waals surface area contributed by atoms with Gasteiger partial charge < -0.3 is 5.32 Å². The SMILES string of the molecule is CNC(Cc1cc(F)cc(F)c1[N+](=O)[O-])CC(C)C. The van der Waals surface area contributed by atoms with Crippen molar-refractivity contribution in [1.82, 2.24) is 5.32 Å². The Hall–Kier alpha value is -1.56. The van der Waals surface area contributed by atoms with Crippen LogP contribution in [0.25, 0.3) is 0 Å². The third-order valence-electron chi connectivity index (χ3n) is 2.92. The number of nitrogens with one attached hydrogen (secondary N) is 1. The van der Waals surface area contributed by atoms with Crippen LogP contribution in [0.1, 0.15) is 25.8 Å². The Balaban J connectivity index is 3.07. The van der Waals surface area contributed by atoms with Crippen LogP contribution < -0.4 is 5.32 Å². The highest BCUT2D eigenvalue weighted by Gasteiger charge is 2.24. The topological polar surface area (TPSA) is 55.2 Å². The Kier molecular flexibility index (Phi) is 5.35. The van der Waals surface area contributed by atoms with Crippen LogP contribution >= 0.6 is 0 Å². The number of rotatable bonds is 6. The van der Waals surface area contributed by atoms with Gasteiger partial charge in [-0.1, -0.05) is 13.8 Å². The molecule has 0 amide bonds. The van der Waals surface area contributed by atoms with E-state index >= 15 is 0 Å². The lowest BCUT2D eigenvalue weighted by Crippen LogP contribution is -2.29. The summed E-state index contributed by atoms with van der Waals surface area (Å²) >= 11 is 0. The number of hydrogen-bond acceptors (Lipinski definition) is 3. The Morgan fingerprint density at radius 3 is 2.47 bits per heavy atom. The molecule has 4 nitrogen and oxygen atoms in total. The van der Waals surface area contributed by atoms with Gasteiger partial charge in [-0.3, -0.25) is 10.1 Å². The third-order valence-corrected chi connectivity index (χ3v) is 2.92. The third kappa shape index (κ3) is 4.24. The van der Waals surface area contributed by atoms with Crippen molar-refractivity contribution in [3.63, 3.8) is 0 Å². The highest BCUT2D eigenvalue weighted by Crippen LogP contribution is 2.26. The fraction of sp³-hybridized carbons (Fsp3) is 0.538. The predicted octanol–water partition coefficient (Wildman–Crippen LogP) is 3.05. The molecule has 0 spiro atoms. The van der Waals surface area contributed by atoms with Crippen molar-refractivity contribution in [2.24, 2.45) is 5.92 Å². The van der Waals surface area contributed by atoms with Gasteiger partial charge in [-0.05, 0) is 31.9 Å². The van der Waals surface area contributed by atoms with Crippen molar-refractivity contribution in [2.45, 2.75) is 32.7 Å². The molecule has 1 atom stereocenters. The number of nitrogens with zero attached hydrogens (tertiary/aromatic N) is 1. The van der Waals surface area contributed by atoms with E-state index in [1.165, 1.54) is 0 Å². The second-order valence-corrected chi connectivity index (χ2v) is 4.97. The van der Waals surface area contributed by atoms with Gasteiger partial charge in [-0.25, -0.2) is 4.39 Å². The second kappa shape index (κ2) is 6.56. The van der Waals surface area contributed by atoms with E-state index in [0.717, 1.165) is 12.5 Å². The van der Waals surface area contributed by atoms with Gasteiger partial charge in [0.05, 0.1) is 4.92 Å². The average Bonchev–Trinajstić information content (AvgIpc) is 2.25. The smallest absolute Gasteiger partial charge is 0.308 e. The van der Waals surface area contributed by atoms with Gasteiger partial charge in [0.2, 0.25) is 5.82 Å². The first kappa shape index (κ1) is 15.5. The normalized spacial score (nSPS) is 12.7. The van der Waals surface area contributed by atoms with E-state index in [4.69, 9.17) is 0 Å². The predicted molar refractivity (Wildman–Crippen MR) is 69.0 cm³/mol. The molecule has 1 aromatic carbocycles. The van der Waals surface area contributed by atoms with E-state index in [-0.39, 0.29) is 18.0 Å². The summed E-state index contributed by atoms with van der Waals surface area (Å²) in [6, 6.07) is 1.52. The molecule has 0 heterocycles. The molecule has 1 rings (SSSR count). The van der Waals surface area contributed by atoms with Crippen molar-refractivity contribution in [2.75, 3.05) is 7.05 Å². The van der Waals surface area contributed by atoms with E-state index in [1.54, 1.807) is 7.05 Å². The van der Waals surface area contributed by atoms with Crippen molar-refractivity contribution in [3.05, 3.63) is 39.4 Å². The quantitative estimate of drug-likeness (QED) is 0.639. The van der Waals surface area contributed by atoms with Crippen molar-refractivity contribution in [1.29, 1.82) is 0 Å². The number of nitro benzene ring substituents is 1. The van der Waals surface area contributed by atoms with Crippen molar-refractivity contribution < 1.29 is 13.7 Å². The molecular weight excluding hydrogens is 254 g/mol. The van der Waals surface area contributed by atoms with Crippen LogP contribution in [0.15, 0.2) is 12.1 Å². The molecule has 1 unspecified atom stereocenters. The average molecular weight is 272 g/mol. The lowest BCUT2D eigenvalue weighted by Gasteiger charge is -2.18. The lowest BCUT2D eigenvalue weighted by atomic mass is 9.96. The van der Waals surface area contributed by atoms with Gasteiger partial charge in [-0.15, -0.1) is 0 Å². The fourth-order valence-corrected chi connectivity index (χ4v) is 2.12. The minimum atomic E-state index is -1.13. The highest BCUT2D eigenvalue weighted by atomic mass is 19.1. The molecular formula is C13H18F2N2O2. The van der Waals surface area contributed by atoms with Gasteiger partial charge in [0, 0.05) is 17.7 Å². The maximum absolute atomic E-state index is 13.5. The zero-order valence-corrected chi connectivity index (χ0v) is 11.2. The van der Waals surface area contributed by atoms with Crippen LogP contribution in [-0.2, 0) is 6.42 Å². The fourth-order valence-electron chi connectivity index (χ4n) is 2.12. The van der Waals surface area contributed by atoms with Gasteiger partial charge in [0.15, 0.2) is 0 Å². The van der Waals surface area contributed by atoms with Crippen LogP contribution in [0.2, 0.25) is 0 Å². The largest absolute Gasteiger partial charge is 0.317 e. The molecule has 0 aromatic heterocycles. The standard InChI is InChI=1S/C13H18F2N2O2/c1-8(2)4-11(16-3)6-9-5-10(14)7-12(15)13(9)17(18)19/h5,7-8,11,16H,4,6H2,1-3H3. The van der Waals surface area contributed by atoms with E-state index in [9.17, 15) is 18.9 Å².